The zero-order valence-electron chi connectivity index (χ0n) is 9.64. The summed E-state index contributed by atoms with van der Waals surface area (Å²) in [5.74, 6) is 0.676. The van der Waals surface area contributed by atoms with Crippen LogP contribution in [0.3, 0.4) is 0 Å². The molecule has 88 valence electrons. The second-order valence-corrected chi connectivity index (χ2v) is 6.83. The van der Waals surface area contributed by atoms with Crippen molar-refractivity contribution in [3.63, 3.8) is 0 Å². The summed E-state index contributed by atoms with van der Waals surface area (Å²) in [6.07, 6.45) is 6.07. The van der Waals surface area contributed by atoms with Crippen LogP contribution in [0.2, 0.25) is 0 Å². The maximum absolute atomic E-state index is 12.5. The van der Waals surface area contributed by atoms with Crippen LogP contribution in [0.25, 0.3) is 5.57 Å². The molecule has 0 radical (unpaired) electrons. The maximum Gasteiger partial charge on any atom is 0.274 e. The third-order valence-electron chi connectivity index (χ3n) is 3.13. The van der Waals surface area contributed by atoms with Gasteiger partial charge in [-0.25, -0.2) is 0 Å². The Morgan fingerprint density at radius 1 is 1.29 bits per heavy atom. The minimum absolute atomic E-state index is 0.676. The van der Waals surface area contributed by atoms with Gasteiger partial charge in [0.15, 0.2) is 0 Å². The molecule has 1 aliphatic heterocycles. The van der Waals surface area contributed by atoms with Crippen molar-refractivity contribution in [3.8, 4) is 5.75 Å². The Labute approximate surface area is 100 Å². The van der Waals surface area contributed by atoms with E-state index < -0.39 is 7.37 Å². The van der Waals surface area contributed by atoms with Crippen molar-refractivity contribution in [2.45, 2.75) is 12.8 Å². The van der Waals surface area contributed by atoms with Gasteiger partial charge in [-0.15, -0.1) is 0 Å². The fourth-order valence-corrected chi connectivity index (χ4v) is 4.11. The summed E-state index contributed by atoms with van der Waals surface area (Å²) in [6.45, 7) is 1.68. The molecule has 1 aromatic rings. The van der Waals surface area contributed by atoms with Crippen LogP contribution < -0.4 is 10.3 Å². The first kappa shape index (κ1) is 10.7. The molecule has 4 heteroatoms. The van der Waals surface area contributed by atoms with Gasteiger partial charge in [0.1, 0.15) is 5.75 Å². The summed E-state index contributed by atoms with van der Waals surface area (Å²) in [7, 11) is -2.71. The largest absolute Gasteiger partial charge is 0.439 e. The lowest BCUT2D eigenvalue weighted by molar-refractivity contribution is 0.492. The summed E-state index contributed by atoms with van der Waals surface area (Å²) >= 11 is 0. The van der Waals surface area contributed by atoms with Crippen molar-refractivity contribution in [1.29, 1.82) is 0 Å². The molecule has 0 spiro atoms. The lowest BCUT2D eigenvalue weighted by Crippen LogP contribution is -2.08. The monoisotopic (exact) mass is 247 g/mol. The van der Waals surface area contributed by atoms with E-state index in [0.717, 1.165) is 29.3 Å². The minimum atomic E-state index is -2.71. The van der Waals surface area contributed by atoms with Crippen molar-refractivity contribution >= 4 is 18.6 Å². The highest BCUT2D eigenvalue weighted by Crippen LogP contribution is 2.62. The van der Waals surface area contributed by atoms with E-state index >= 15 is 0 Å². The maximum atomic E-state index is 12.5. The number of anilines is 1. The van der Waals surface area contributed by atoms with Crippen LogP contribution in [0.15, 0.2) is 35.7 Å². The van der Waals surface area contributed by atoms with E-state index in [0.29, 0.717) is 11.4 Å². The van der Waals surface area contributed by atoms with Crippen molar-refractivity contribution in [2.75, 3.05) is 12.4 Å². The second kappa shape index (κ2) is 3.51. The Morgan fingerprint density at radius 2 is 2.06 bits per heavy atom. The molecule has 0 amide bonds. The van der Waals surface area contributed by atoms with E-state index in [1.165, 1.54) is 0 Å². The Kier molecular flexibility index (Phi) is 2.20. The predicted octanol–water partition coefficient (Wildman–Crippen LogP) is 3.63. The third kappa shape index (κ3) is 1.62. The number of rotatable bonds is 0. The van der Waals surface area contributed by atoms with Crippen LogP contribution in [-0.4, -0.2) is 6.66 Å². The molecule has 1 heterocycles. The zero-order valence-corrected chi connectivity index (χ0v) is 10.5. The fraction of sp³-hybridized carbons (Fsp3) is 0.231. The number of hydrogen-bond acceptors (Lipinski definition) is 3. The highest BCUT2D eigenvalue weighted by Gasteiger charge is 2.35. The molecule has 1 aromatic carbocycles. The fourth-order valence-electron chi connectivity index (χ4n) is 2.37. The number of hydrogen-bond donors (Lipinski definition) is 1. The lowest BCUT2D eigenvalue weighted by atomic mass is 9.98. The highest BCUT2D eigenvalue weighted by atomic mass is 31.2. The molecule has 2 aliphatic rings. The van der Waals surface area contributed by atoms with E-state index in [-0.39, 0.29) is 0 Å². The van der Waals surface area contributed by atoms with E-state index in [1.54, 1.807) is 18.8 Å². The first-order chi connectivity index (χ1) is 8.08. The number of fused-ring (bicyclic) bond motifs is 3. The van der Waals surface area contributed by atoms with Gasteiger partial charge in [-0.2, -0.15) is 0 Å². The summed E-state index contributed by atoms with van der Waals surface area (Å²) in [4.78, 5) is 0. The Bertz CT molecular complexity index is 601. The molecular formula is C13H14NO2P. The third-order valence-corrected chi connectivity index (χ3v) is 4.98. The molecular weight excluding hydrogens is 233 g/mol. The zero-order chi connectivity index (χ0) is 12.0. The van der Waals surface area contributed by atoms with Gasteiger partial charge in [0, 0.05) is 17.9 Å². The molecule has 1 atom stereocenters. The predicted molar refractivity (Wildman–Crippen MR) is 70.3 cm³/mol. The summed E-state index contributed by atoms with van der Waals surface area (Å²) in [5, 5.41) is 0.849. The van der Waals surface area contributed by atoms with Crippen LogP contribution in [-0.2, 0) is 4.57 Å². The number of benzene rings is 1. The van der Waals surface area contributed by atoms with Gasteiger partial charge < -0.3 is 10.3 Å². The molecule has 0 saturated heterocycles. The van der Waals surface area contributed by atoms with Crippen molar-refractivity contribution in [3.05, 3.63) is 41.2 Å². The molecule has 1 aliphatic carbocycles. The van der Waals surface area contributed by atoms with Crippen LogP contribution in [0.5, 0.6) is 5.75 Å². The van der Waals surface area contributed by atoms with Crippen LogP contribution in [0.1, 0.15) is 18.4 Å². The van der Waals surface area contributed by atoms with Gasteiger partial charge in [0.05, 0.1) is 5.31 Å². The van der Waals surface area contributed by atoms with Gasteiger partial charge in [0.25, 0.3) is 7.37 Å². The number of nitrogens with two attached hydrogens (primary N) is 1. The first-order valence-corrected chi connectivity index (χ1v) is 7.73. The SMILES string of the molecule is CP1(=O)Oc2ccc(N)cc2C2=CCCC=C21. The quantitative estimate of drug-likeness (QED) is 0.562. The average molecular weight is 247 g/mol. The molecule has 0 fully saturated rings. The van der Waals surface area contributed by atoms with E-state index in [4.69, 9.17) is 10.3 Å². The van der Waals surface area contributed by atoms with E-state index in [1.807, 2.05) is 12.1 Å². The molecule has 3 nitrogen and oxygen atoms in total. The lowest BCUT2D eigenvalue weighted by Gasteiger charge is -2.30. The normalized spacial score (nSPS) is 26.2. The van der Waals surface area contributed by atoms with Crippen LogP contribution in [0, 0.1) is 0 Å². The first-order valence-electron chi connectivity index (χ1n) is 5.66. The van der Waals surface area contributed by atoms with Crippen LogP contribution >= 0.6 is 7.37 Å². The van der Waals surface area contributed by atoms with Gasteiger partial charge in [-0.1, -0.05) is 12.2 Å². The van der Waals surface area contributed by atoms with Crippen LogP contribution in [0.4, 0.5) is 5.69 Å². The van der Waals surface area contributed by atoms with E-state index in [2.05, 4.69) is 6.08 Å². The van der Waals surface area contributed by atoms with Gasteiger partial charge in [-0.3, -0.25) is 4.57 Å². The van der Waals surface area contributed by atoms with E-state index in [9.17, 15) is 4.57 Å². The molecule has 0 aromatic heterocycles. The molecule has 17 heavy (non-hydrogen) atoms. The number of nitrogen functional groups attached to an aromatic ring is 1. The number of allylic oxidation sites excluding steroid dienone is 4. The van der Waals surface area contributed by atoms with Crippen molar-refractivity contribution in [2.24, 2.45) is 0 Å². The summed E-state index contributed by atoms with van der Waals surface area (Å²) in [5.41, 5.74) is 8.50. The summed E-state index contributed by atoms with van der Waals surface area (Å²) in [6, 6.07) is 5.46. The van der Waals surface area contributed by atoms with Gasteiger partial charge >= 0.3 is 0 Å². The molecule has 2 N–H and O–H groups in total. The molecule has 0 saturated carbocycles. The Hall–Kier alpha value is -1.47. The molecule has 3 rings (SSSR count). The Morgan fingerprint density at radius 3 is 2.88 bits per heavy atom. The van der Waals surface area contributed by atoms with Gasteiger partial charge in [0.2, 0.25) is 0 Å². The molecule has 1 unspecified atom stereocenters. The highest BCUT2D eigenvalue weighted by molar-refractivity contribution is 7.64. The standard InChI is InChI=1S/C13H14NO2P/c1-17(15)13-5-3-2-4-10(13)11-8-9(14)6-7-12(11)16-17/h4-8H,2-3,14H2,1H3. The van der Waals surface area contributed by atoms with Gasteiger partial charge in [-0.05, 0) is 36.6 Å². The topological polar surface area (TPSA) is 52.3 Å². The smallest absolute Gasteiger partial charge is 0.274 e. The summed E-state index contributed by atoms with van der Waals surface area (Å²) < 4.78 is 18.1. The van der Waals surface area contributed by atoms with Crippen molar-refractivity contribution in [1.82, 2.24) is 0 Å². The Balaban J connectivity index is 2.27. The average Bonchev–Trinajstić information content (AvgIpc) is 2.30. The minimum Gasteiger partial charge on any atom is -0.439 e. The second-order valence-electron chi connectivity index (χ2n) is 4.48. The van der Waals surface area contributed by atoms with Crippen molar-refractivity contribution < 1.29 is 9.09 Å². The molecule has 0 bridgehead atoms.